The topological polar surface area (TPSA) is 73.9 Å². The first-order chi connectivity index (χ1) is 15.3. The second-order valence-corrected chi connectivity index (χ2v) is 9.11. The molecule has 0 atom stereocenters. The Morgan fingerprint density at radius 1 is 1.12 bits per heavy atom. The predicted octanol–water partition coefficient (Wildman–Crippen LogP) is 6.34. The summed E-state index contributed by atoms with van der Waals surface area (Å²) >= 11 is 10.6. The van der Waals surface area contributed by atoms with Crippen LogP contribution in [-0.2, 0) is 9.53 Å². The molecule has 6 nitrogen and oxygen atoms in total. The van der Waals surface area contributed by atoms with Crippen LogP contribution in [0.2, 0.25) is 5.02 Å². The predicted molar refractivity (Wildman–Crippen MR) is 130 cm³/mol. The molecule has 0 saturated heterocycles. The fourth-order valence-corrected chi connectivity index (χ4v) is 4.94. The molecule has 0 radical (unpaired) electrons. The summed E-state index contributed by atoms with van der Waals surface area (Å²) in [5.74, 6) is 0.282. The number of ether oxygens (including phenoxy) is 3. The molecule has 1 N–H and O–H groups in total. The van der Waals surface area contributed by atoms with Crippen LogP contribution in [0.15, 0.2) is 46.9 Å². The van der Waals surface area contributed by atoms with Gasteiger partial charge >= 0.3 is 5.97 Å². The summed E-state index contributed by atoms with van der Waals surface area (Å²) in [5.41, 5.74) is 1.84. The lowest BCUT2D eigenvalue weighted by atomic mass is 10.0. The van der Waals surface area contributed by atoms with Crippen LogP contribution in [0.4, 0.5) is 5.00 Å². The summed E-state index contributed by atoms with van der Waals surface area (Å²) in [5, 5.41) is 3.73. The van der Waals surface area contributed by atoms with E-state index in [1.165, 1.54) is 18.4 Å². The lowest BCUT2D eigenvalue weighted by molar-refractivity contribution is -0.118. The zero-order valence-electron chi connectivity index (χ0n) is 17.7. The van der Waals surface area contributed by atoms with Gasteiger partial charge in [-0.3, -0.25) is 4.79 Å². The Morgan fingerprint density at radius 3 is 2.47 bits per heavy atom. The zero-order valence-corrected chi connectivity index (χ0v) is 20.8. The van der Waals surface area contributed by atoms with Crippen molar-refractivity contribution < 1.29 is 23.8 Å². The Balaban J connectivity index is 1.83. The number of rotatable bonds is 8. The van der Waals surface area contributed by atoms with Gasteiger partial charge in [0, 0.05) is 15.5 Å². The molecule has 0 spiro atoms. The SMILES string of the molecule is CCOc1ccc(-c2c(C)sc(NC(=O)COc3ccc(Cl)cc3Br)c2C(=O)OC)cc1. The molecule has 2 aromatic carbocycles. The molecule has 0 bridgehead atoms. The Bertz CT molecular complexity index is 1130. The Morgan fingerprint density at radius 2 is 1.84 bits per heavy atom. The van der Waals surface area contributed by atoms with Crippen molar-refractivity contribution in [2.75, 3.05) is 25.6 Å². The highest BCUT2D eigenvalue weighted by Crippen LogP contribution is 2.40. The van der Waals surface area contributed by atoms with E-state index in [9.17, 15) is 9.59 Å². The Labute approximate surface area is 203 Å². The molecule has 0 aliphatic rings. The quantitative estimate of drug-likeness (QED) is 0.339. The number of benzene rings is 2. The second-order valence-electron chi connectivity index (χ2n) is 6.60. The molecule has 1 amide bonds. The minimum atomic E-state index is -0.533. The van der Waals surface area contributed by atoms with Gasteiger partial charge in [-0.2, -0.15) is 0 Å². The molecular formula is C23H21BrClNO5S. The van der Waals surface area contributed by atoms with Crippen molar-refractivity contribution in [1.29, 1.82) is 0 Å². The number of methoxy groups -OCH3 is 1. The molecule has 3 aromatic rings. The van der Waals surface area contributed by atoms with Crippen molar-refractivity contribution in [2.45, 2.75) is 13.8 Å². The summed E-state index contributed by atoms with van der Waals surface area (Å²) in [6, 6.07) is 12.4. The maximum Gasteiger partial charge on any atom is 0.341 e. The first-order valence-corrected chi connectivity index (χ1v) is 11.6. The number of hydrogen-bond acceptors (Lipinski definition) is 6. The van der Waals surface area contributed by atoms with Crippen LogP contribution in [0, 0.1) is 6.92 Å². The van der Waals surface area contributed by atoms with Gasteiger partial charge < -0.3 is 19.5 Å². The van der Waals surface area contributed by atoms with Crippen molar-refractivity contribution >= 4 is 55.7 Å². The fourth-order valence-electron chi connectivity index (χ4n) is 3.06. The third-order valence-corrected chi connectivity index (χ3v) is 6.31. The van der Waals surface area contributed by atoms with E-state index in [-0.39, 0.29) is 6.61 Å². The molecule has 0 aliphatic heterocycles. The van der Waals surface area contributed by atoms with Crippen LogP contribution in [-0.4, -0.2) is 32.2 Å². The second kappa shape index (κ2) is 10.8. The van der Waals surface area contributed by atoms with Gasteiger partial charge in [0.25, 0.3) is 5.91 Å². The van der Waals surface area contributed by atoms with Gasteiger partial charge in [-0.15, -0.1) is 11.3 Å². The normalized spacial score (nSPS) is 10.5. The molecule has 9 heteroatoms. The van der Waals surface area contributed by atoms with Crippen LogP contribution in [0.1, 0.15) is 22.2 Å². The Kier molecular flexibility index (Phi) is 8.17. The number of nitrogens with one attached hydrogen (secondary N) is 1. The van der Waals surface area contributed by atoms with Crippen LogP contribution < -0.4 is 14.8 Å². The number of halogens is 2. The van der Waals surface area contributed by atoms with E-state index in [0.717, 1.165) is 16.2 Å². The molecule has 0 fully saturated rings. The van der Waals surface area contributed by atoms with Crippen molar-refractivity contribution in [1.82, 2.24) is 0 Å². The van der Waals surface area contributed by atoms with Crippen molar-refractivity contribution in [3.8, 4) is 22.6 Å². The van der Waals surface area contributed by atoms with Crippen LogP contribution in [0.25, 0.3) is 11.1 Å². The van der Waals surface area contributed by atoms with E-state index in [1.807, 2.05) is 38.1 Å². The maximum atomic E-state index is 12.6. The van der Waals surface area contributed by atoms with E-state index >= 15 is 0 Å². The fraction of sp³-hybridized carbons (Fsp3) is 0.217. The van der Waals surface area contributed by atoms with Crippen LogP contribution in [0.5, 0.6) is 11.5 Å². The smallest absolute Gasteiger partial charge is 0.341 e. The zero-order chi connectivity index (χ0) is 23.3. The number of hydrogen-bond donors (Lipinski definition) is 1. The third kappa shape index (κ3) is 5.62. The lowest BCUT2D eigenvalue weighted by Crippen LogP contribution is -2.21. The molecule has 0 aliphatic carbocycles. The van der Waals surface area contributed by atoms with Gasteiger partial charge in [0.2, 0.25) is 0 Å². The first-order valence-electron chi connectivity index (χ1n) is 9.66. The monoisotopic (exact) mass is 537 g/mol. The van der Waals surface area contributed by atoms with Gasteiger partial charge in [-0.25, -0.2) is 4.79 Å². The number of esters is 1. The number of thiophene rings is 1. The van der Waals surface area contributed by atoms with Crippen molar-refractivity contribution in [2.24, 2.45) is 0 Å². The molecule has 1 heterocycles. The van der Waals surface area contributed by atoms with Gasteiger partial charge in [0.15, 0.2) is 6.61 Å². The van der Waals surface area contributed by atoms with E-state index < -0.39 is 11.9 Å². The maximum absolute atomic E-state index is 12.6. The third-order valence-electron chi connectivity index (χ3n) is 4.43. The summed E-state index contributed by atoms with van der Waals surface area (Å²) in [4.78, 5) is 26.0. The molecular weight excluding hydrogens is 518 g/mol. The minimum absolute atomic E-state index is 0.240. The van der Waals surface area contributed by atoms with Gasteiger partial charge in [0.05, 0.1) is 18.2 Å². The van der Waals surface area contributed by atoms with Gasteiger partial charge in [-0.05, 0) is 65.7 Å². The molecule has 0 saturated carbocycles. The van der Waals surface area contributed by atoms with Crippen molar-refractivity contribution in [3.63, 3.8) is 0 Å². The average Bonchev–Trinajstić information content (AvgIpc) is 3.08. The van der Waals surface area contributed by atoms with Crippen LogP contribution in [0.3, 0.4) is 0 Å². The molecule has 3 rings (SSSR count). The highest BCUT2D eigenvalue weighted by Gasteiger charge is 2.25. The largest absolute Gasteiger partial charge is 0.494 e. The molecule has 32 heavy (non-hydrogen) atoms. The number of amides is 1. The number of carbonyl (C=O) groups excluding carboxylic acids is 2. The lowest BCUT2D eigenvalue weighted by Gasteiger charge is -2.10. The molecule has 0 unspecified atom stereocenters. The average molecular weight is 539 g/mol. The van der Waals surface area contributed by atoms with Gasteiger partial charge in [-0.1, -0.05) is 23.7 Å². The summed E-state index contributed by atoms with van der Waals surface area (Å²) < 4.78 is 16.7. The molecule has 1 aromatic heterocycles. The highest BCUT2D eigenvalue weighted by atomic mass is 79.9. The number of anilines is 1. The van der Waals surface area contributed by atoms with Gasteiger partial charge in [0.1, 0.15) is 22.1 Å². The van der Waals surface area contributed by atoms with E-state index in [1.54, 1.807) is 18.2 Å². The van der Waals surface area contributed by atoms with E-state index in [4.69, 9.17) is 25.8 Å². The minimum Gasteiger partial charge on any atom is -0.494 e. The molecule has 168 valence electrons. The highest BCUT2D eigenvalue weighted by molar-refractivity contribution is 9.10. The van der Waals surface area contributed by atoms with Crippen LogP contribution >= 0.6 is 38.9 Å². The first kappa shape index (κ1) is 24.1. The summed E-state index contributed by atoms with van der Waals surface area (Å²) in [7, 11) is 1.31. The summed E-state index contributed by atoms with van der Waals surface area (Å²) in [6.45, 7) is 4.13. The number of aryl methyl sites for hydroxylation is 1. The standard InChI is InChI=1S/C23H21BrClNO5S/c1-4-30-16-8-5-14(6-9-16)20-13(2)32-22(21(20)23(28)29-3)26-19(27)12-31-18-10-7-15(25)11-17(18)24/h5-11H,4,12H2,1-3H3,(H,26,27). The van der Waals surface area contributed by atoms with Crippen molar-refractivity contribution in [3.05, 3.63) is 62.4 Å². The van der Waals surface area contributed by atoms with E-state index in [2.05, 4.69) is 21.2 Å². The van der Waals surface area contributed by atoms with E-state index in [0.29, 0.717) is 38.0 Å². The number of carbonyl (C=O) groups is 2. The summed E-state index contributed by atoms with van der Waals surface area (Å²) in [6.07, 6.45) is 0. The Hall–Kier alpha value is -2.55.